The van der Waals surface area contributed by atoms with Gasteiger partial charge in [0.15, 0.2) is 0 Å². The van der Waals surface area contributed by atoms with Crippen molar-refractivity contribution >= 4 is 10.1 Å². The molecule has 0 bridgehead atoms. The molecule has 19 heavy (non-hydrogen) atoms. The summed E-state index contributed by atoms with van der Waals surface area (Å²) >= 11 is 0. The van der Waals surface area contributed by atoms with E-state index < -0.39 is 16.1 Å². The molecule has 100 valence electrons. The quantitative estimate of drug-likeness (QED) is 0.638. The van der Waals surface area contributed by atoms with Crippen molar-refractivity contribution in [2.24, 2.45) is 0 Å². The Bertz CT molecular complexity index is 669. The van der Waals surface area contributed by atoms with Crippen LogP contribution in [0.4, 0.5) is 4.39 Å². The molecular weight excluding hydrogens is 269 g/mol. The first-order valence-electron chi connectivity index (χ1n) is 5.54. The minimum atomic E-state index is -3.89. The second kappa shape index (κ2) is 5.46. The van der Waals surface area contributed by atoms with E-state index in [1.165, 1.54) is 30.5 Å². The van der Waals surface area contributed by atoms with Crippen LogP contribution < -0.4 is 0 Å². The topological polar surface area (TPSA) is 56.3 Å². The molecule has 1 heterocycles. The fourth-order valence-electron chi connectivity index (χ4n) is 1.44. The van der Waals surface area contributed by atoms with Crippen LogP contribution in [0.2, 0.25) is 0 Å². The summed E-state index contributed by atoms with van der Waals surface area (Å²) in [5, 5.41) is 0. The van der Waals surface area contributed by atoms with Gasteiger partial charge in [-0.05, 0) is 25.1 Å². The Kier molecular flexibility index (Phi) is 3.92. The van der Waals surface area contributed by atoms with Gasteiger partial charge in [-0.2, -0.15) is 12.8 Å². The first-order chi connectivity index (χ1) is 8.99. The fraction of sp³-hybridized carbons (Fsp3) is 0.154. The van der Waals surface area contributed by atoms with Gasteiger partial charge in [0, 0.05) is 11.8 Å². The summed E-state index contributed by atoms with van der Waals surface area (Å²) in [6.45, 7) is 1.47. The number of aromatic nitrogens is 1. The van der Waals surface area contributed by atoms with Crippen molar-refractivity contribution in [1.29, 1.82) is 0 Å². The summed E-state index contributed by atoms with van der Waals surface area (Å²) in [5.41, 5.74) is 1.04. The molecule has 0 unspecified atom stereocenters. The van der Waals surface area contributed by atoms with Gasteiger partial charge < -0.3 is 0 Å². The molecule has 0 aliphatic rings. The molecule has 1 aromatic carbocycles. The Morgan fingerprint density at radius 1 is 1.21 bits per heavy atom. The third-order valence-corrected chi connectivity index (χ3v) is 3.79. The van der Waals surface area contributed by atoms with Crippen LogP contribution in [-0.2, 0) is 20.9 Å². The molecule has 2 rings (SSSR count). The van der Waals surface area contributed by atoms with Gasteiger partial charge in [0.05, 0.1) is 11.5 Å². The number of aryl methyl sites for hydroxylation is 1. The molecule has 4 nitrogen and oxygen atoms in total. The van der Waals surface area contributed by atoms with Gasteiger partial charge in [0.2, 0.25) is 5.95 Å². The molecule has 6 heteroatoms. The summed E-state index contributed by atoms with van der Waals surface area (Å²) in [6, 6.07) is 9.17. The monoisotopic (exact) mass is 281 g/mol. The van der Waals surface area contributed by atoms with E-state index in [2.05, 4.69) is 4.98 Å². The lowest BCUT2D eigenvalue weighted by Crippen LogP contribution is -2.07. The SMILES string of the molecule is Cc1ccc(S(=O)(=O)OCc2cccnc2F)cc1. The molecule has 0 fully saturated rings. The molecule has 0 atom stereocenters. The molecule has 0 saturated heterocycles. The van der Waals surface area contributed by atoms with Crippen LogP contribution in [0.1, 0.15) is 11.1 Å². The second-order valence-corrected chi connectivity index (χ2v) is 5.60. The highest BCUT2D eigenvalue weighted by Gasteiger charge is 2.16. The number of hydrogen-bond donors (Lipinski definition) is 0. The van der Waals surface area contributed by atoms with Crippen LogP contribution in [0.5, 0.6) is 0 Å². The molecule has 0 aliphatic carbocycles. The van der Waals surface area contributed by atoms with E-state index in [0.29, 0.717) is 0 Å². The van der Waals surface area contributed by atoms with Crippen molar-refractivity contribution in [3.05, 3.63) is 59.7 Å². The lowest BCUT2D eigenvalue weighted by molar-refractivity contribution is 0.300. The number of rotatable bonds is 4. The van der Waals surface area contributed by atoms with E-state index >= 15 is 0 Å². The van der Waals surface area contributed by atoms with Crippen molar-refractivity contribution in [2.45, 2.75) is 18.4 Å². The van der Waals surface area contributed by atoms with E-state index in [1.54, 1.807) is 12.1 Å². The molecule has 0 amide bonds. The minimum Gasteiger partial charge on any atom is -0.261 e. The maximum absolute atomic E-state index is 13.2. The van der Waals surface area contributed by atoms with Crippen LogP contribution in [-0.4, -0.2) is 13.4 Å². The van der Waals surface area contributed by atoms with Gasteiger partial charge in [-0.15, -0.1) is 0 Å². The van der Waals surface area contributed by atoms with Crippen molar-refractivity contribution < 1.29 is 17.0 Å². The first-order valence-corrected chi connectivity index (χ1v) is 6.95. The lowest BCUT2D eigenvalue weighted by atomic mass is 10.2. The Morgan fingerprint density at radius 2 is 1.89 bits per heavy atom. The minimum absolute atomic E-state index is 0.0439. The van der Waals surface area contributed by atoms with Gasteiger partial charge >= 0.3 is 0 Å². The zero-order valence-corrected chi connectivity index (χ0v) is 11.0. The second-order valence-electron chi connectivity index (χ2n) is 3.98. The highest BCUT2D eigenvalue weighted by molar-refractivity contribution is 7.86. The lowest BCUT2D eigenvalue weighted by Gasteiger charge is -2.06. The molecular formula is C13H12FNO3S. The third kappa shape index (κ3) is 3.36. The zero-order valence-electron chi connectivity index (χ0n) is 10.2. The summed E-state index contributed by atoms with van der Waals surface area (Å²) in [5.74, 6) is -0.735. The van der Waals surface area contributed by atoms with Crippen molar-refractivity contribution in [3.63, 3.8) is 0 Å². The molecule has 2 aromatic rings. The standard InChI is InChI=1S/C13H12FNO3S/c1-10-4-6-12(7-5-10)19(16,17)18-9-11-3-2-8-15-13(11)14/h2-8H,9H2,1H3. The predicted molar refractivity (Wildman–Crippen MR) is 67.3 cm³/mol. The number of pyridine rings is 1. The Hall–Kier alpha value is -1.79. The molecule has 0 N–H and O–H groups in total. The van der Waals surface area contributed by atoms with E-state index in [1.807, 2.05) is 6.92 Å². The first kappa shape index (κ1) is 13.6. The predicted octanol–water partition coefficient (Wildman–Crippen LogP) is 2.43. The maximum Gasteiger partial charge on any atom is 0.297 e. The van der Waals surface area contributed by atoms with Crippen LogP contribution in [0.25, 0.3) is 0 Å². The average Bonchev–Trinajstić information content (AvgIpc) is 2.38. The average molecular weight is 281 g/mol. The van der Waals surface area contributed by atoms with Gasteiger partial charge in [0.25, 0.3) is 10.1 Å². The highest BCUT2D eigenvalue weighted by atomic mass is 32.2. The van der Waals surface area contributed by atoms with E-state index in [4.69, 9.17) is 4.18 Å². The highest BCUT2D eigenvalue weighted by Crippen LogP contribution is 2.15. The van der Waals surface area contributed by atoms with Crippen molar-refractivity contribution in [2.75, 3.05) is 0 Å². The molecule has 1 aromatic heterocycles. The molecule has 0 saturated carbocycles. The van der Waals surface area contributed by atoms with Crippen LogP contribution in [0.3, 0.4) is 0 Å². The van der Waals surface area contributed by atoms with Crippen molar-refractivity contribution in [1.82, 2.24) is 4.98 Å². The summed E-state index contributed by atoms with van der Waals surface area (Å²) in [6.07, 6.45) is 1.29. The summed E-state index contributed by atoms with van der Waals surface area (Å²) in [4.78, 5) is 3.47. The van der Waals surface area contributed by atoms with E-state index in [-0.39, 0.29) is 17.1 Å². The maximum atomic E-state index is 13.2. The summed E-state index contributed by atoms with van der Waals surface area (Å²) < 4.78 is 41.8. The smallest absolute Gasteiger partial charge is 0.261 e. The van der Waals surface area contributed by atoms with Crippen LogP contribution >= 0.6 is 0 Å². The van der Waals surface area contributed by atoms with E-state index in [0.717, 1.165) is 5.56 Å². The normalized spacial score (nSPS) is 11.5. The molecule has 0 spiro atoms. The number of benzene rings is 1. The summed E-state index contributed by atoms with van der Waals surface area (Å²) in [7, 11) is -3.89. The molecule has 0 radical (unpaired) electrons. The Balaban J connectivity index is 2.14. The van der Waals surface area contributed by atoms with Gasteiger partial charge in [0.1, 0.15) is 0 Å². The van der Waals surface area contributed by atoms with Gasteiger partial charge in [-0.25, -0.2) is 4.98 Å². The van der Waals surface area contributed by atoms with Crippen LogP contribution in [0.15, 0.2) is 47.5 Å². The number of hydrogen-bond acceptors (Lipinski definition) is 4. The van der Waals surface area contributed by atoms with Gasteiger partial charge in [-0.1, -0.05) is 23.8 Å². The van der Waals surface area contributed by atoms with Crippen molar-refractivity contribution in [3.8, 4) is 0 Å². The Morgan fingerprint density at radius 3 is 2.53 bits per heavy atom. The van der Waals surface area contributed by atoms with E-state index in [9.17, 15) is 12.8 Å². The fourth-order valence-corrected chi connectivity index (χ4v) is 2.33. The van der Waals surface area contributed by atoms with Crippen LogP contribution in [0, 0.1) is 12.9 Å². The molecule has 0 aliphatic heterocycles. The Labute approximate surface area is 111 Å². The number of halogens is 1. The zero-order chi connectivity index (χ0) is 13.9. The third-order valence-electron chi connectivity index (χ3n) is 2.52. The largest absolute Gasteiger partial charge is 0.297 e. The number of nitrogens with zero attached hydrogens (tertiary/aromatic N) is 1. The van der Waals surface area contributed by atoms with Gasteiger partial charge in [-0.3, -0.25) is 4.18 Å².